The van der Waals surface area contributed by atoms with Crippen LogP contribution in [0, 0.1) is 12.7 Å². The first-order chi connectivity index (χ1) is 10.5. The van der Waals surface area contributed by atoms with Gasteiger partial charge in [0.05, 0.1) is 13.5 Å². The lowest BCUT2D eigenvalue weighted by atomic mass is 10.1. The molecule has 0 unspecified atom stereocenters. The van der Waals surface area contributed by atoms with E-state index in [1.165, 1.54) is 13.2 Å². The number of methoxy groups -OCH3 is 1. The van der Waals surface area contributed by atoms with Gasteiger partial charge in [-0.05, 0) is 36.2 Å². The van der Waals surface area contributed by atoms with E-state index in [4.69, 9.17) is 16.3 Å². The highest BCUT2D eigenvalue weighted by Gasteiger charge is 2.13. The number of rotatable bonds is 5. The molecule has 0 saturated heterocycles. The number of carbonyl (C=O) groups excluding carboxylic acids is 1. The molecule has 2 rings (SSSR count). The van der Waals surface area contributed by atoms with Gasteiger partial charge in [-0.3, -0.25) is 4.79 Å². The van der Waals surface area contributed by atoms with E-state index in [2.05, 4.69) is 4.74 Å². The van der Waals surface area contributed by atoms with Gasteiger partial charge in [0.2, 0.25) is 0 Å². The fourth-order valence-corrected chi connectivity index (χ4v) is 2.28. The van der Waals surface area contributed by atoms with Crippen LogP contribution in [0.5, 0.6) is 5.75 Å². The Bertz CT molecular complexity index is 686. The van der Waals surface area contributed by atoms with E-state index in [9.17, 15) is 9.18 Å². The molecule has 0 spiro atoms. The number of esters is 1. The number of aryl methyl sites for hydroxylation is 1. The average Bonchev–Trinajstić information content (AvgIpc) is 2.48. The quantitative estimate of drug-likeness (QED) is 0.778. The Morgan fingerprint density at radius 3 is 2.73 bits per heavy atom. The van der Waals surface area contributed by atoms with Gasteiger partial charge in [0.25, 0.3) is 0 Å². The topological polar surface area (TPSA) is 35.5 Å². The molecule has 2 aromatic carbocycles. The Hall–Kier alpha value is -2.07. The maximum absolute atomic E-state index is 13.8. The largest absolute Gasteiger partial charge is 0.486 e. The average molecular weight is 323 g/mol. The van der Waals surface area contributed by atoms with Crippen molar-refractivity contribution in [1.82, 2.24) is 0 Å². The van der Waals surface area contributed by atoms with Gasteiger partial charge in [-0.2, -0.15) is 0 Å². The maximum Gasteiger partial charge on any atom is 0.309 e. The lowest BCUT2D eigenvalue weighted by Gasteiger charge is -2.13. The first-order valence-corrected chi connectivity index (χ1v) is 7.11. The van der Waals surface area contributed by atoms with Crippen LogP contribution in [-0.4, -0.2) is 13.1 Å². The van der Waals surface area contributed by atoms with Gasteiger partial charge in [0, 0.05) is 10.6 Å². The van der Waals surface area contributed by atoms with Crippen LogP contribution >= 0.6 is 11.6 Å². The van der Waals surface area contributed by atoms with Gasteiger partial charge in [0.1, 0.15) is 6.61 Å². The molecule has 0 heterocycles. The molecule has 0 radical (unpaired) electrons. The van der Waals surface area contributed by atoms with Gasteiger partial charge in [-0.15, -0.1) is 0 Å². The zero-order chi connectivity index (χ0) is 16.1. The van der Waals surface area contributed by atoms with E-state index < -0.39 is 5.82 Å². The lowest BCUT2D eigenvalue weighted by molar-refractivity contribution is -0.139. The van der Waals surface area contributed by atoms with Crippen molar-refractivity contribution in [3.8, 4) is 5.75 Å². The van der Waals surface area contributed by atoms with Crippen molar-refractivity contribution >= 4 is 17.6 Å². The third-order valence-electron chi connectivity index (χ3n) is 3.24. The van der Waals surface area contributed by atoms with Crippen molar-refractivity contribution in [1.29, 1.82) is 0 Å². The number of carbonyl (C=O) groups is 1. The predicted molar refractivity (Wildman–Crippen MR) is 82.6 cm³/mol. The molecule has 5 heteroatoms. The zero-order valence-corrected chi connectivity index (χ0v) is 13.1. The smallest absolute Gasteiger partial charge is 0.309 e. The number of hydrogen-bond donors (Lipinski definition) is 0. The minimum Gasteiger partial charge on any atom is -0.486 e. The van der Waals surface area contributed by atoms with Crippen LogP contribution in [0.2, 0.25) is 5.02 Å². The molecule has 0 aromatic heterocycles. The van der Waals surface area contributed by atoms with Crippen molar-refractivity contribution in [2.75, 3.05) is 7.11 Å². The highest BCUT2D eigenvalue weighted by molar-refractivity contribution is 6.31. The molecule has 0 amide bonds. The number of benzene rings is 2. The van der Waals surface area contributed by atoms with Gasteiger partial charge in [0.15, 0.2) is 11.6 Å². The Morgan fingerprint density at radius 2 is 2.05 bits per heavy atom. The molecule has 116 valence electrons. The van der Waals surface area contributed by atoms with E-state index in [0.717, 1.165) is 5.56 Å². The normalized spacial score (nSPS) is 10.4. The van der Waals surface area contributed by atoms with Gasteiger partial charge in [-0.25, -0.2) is 4.39 Å². The summed E-state index contributed by atoms with van der Waals surface area (Å²) >= 11 is 6.16. The Morgan fingerprint density at radius 1 is 1.27 bits per heavy atom. The molecule has 0 N–H and O–H groups in total. The summed E-state index contributed by atoms with van der Waals surface area (Å²) in [6, 6.07) is 9.95. The molecule has 0 aliphatic heterocycles. The number of hydrogen-bond acceptors (Lipinski definition) is 3. The van der Waals surface area contributed by atoms with E-state index in [0.29, 0.717) is 16.1 Å². The molecule has 2 aromatic rings. The van der Waals surface area contributed by atoms with Gasteiger partial charge < -0.3 is 9.47 Å². The summed E-state index contributed by atoms with van der Waals surface area (Å²) in [5.41, 5.74) is 2.16. The summed E-state index contributed by atoms with van der Waals surface area (Å²) in [7, 11) is 1.32. The lowest BCUT2D eigenvalue weighted by Crippen LogP contribution is -2.09. The molecule has 0 saturated carbocycles. The van der Waals surface area contributed by atoms with E-state index in [1.54, 1.807) is 37.3 Å². The maximum atomic E-state index is 13.8. The van der Waals surface area contributed by atoms with Crippen molar-refractivity contribution in [2.24, 2.45) is 0 Å². The van der Waals surface area contributed by atoms with Gasteiger partial charge in [-0.1, -0.05) is 29.8 Å². The van der Waals surface area contributed by atoms with Crippen LogP contribution in [0.1, 0.15) is 16.7 Å². The van der Waals surface area contributed by atoms with Crippen molar-refractivity contribution in [3.05, 3.63) is 63.9 Å². The molecule has 0 atom stereocenters. The molecule has 0 aliphatic carbocycles. The highest BCUT2D eigenvalue weighted by Crippen LogP contribution is 2.25. The van der Waals surface area contributed by atoms with E-state index in [1.807, 2.05) is 0 Å². The minimum atomic E-state index is -0.429. The summed E-state index contributed by atoms with van der Waals surface area (Å²) in [4.78, 5) is 11.4. The Balaban J connectivity index is 2.19. The number of ether oxygens (including phenoxy) is 2. The first kappa shape index (κ1) is 16.3. The second-order valence-corrected chi connectivity index (χ2v) is 5.26. The molecule has 0 fully saturated rings. The van der Waals surface area contributed by atoms with Crippen LogP contribution in [0.3, 0.4) is 0 Å². The van der Waals surface area contributed by atoms with E-state index >= 15 is 0 Å². The monoisotopic (exact) mass is 322 g/mol. The summed E-state index contributed by atoms with van der Waals surface area (Å²) in [5, 5.41) is 0.467. The van der Waals surface area contributed by atoms with Crippen molar-refractivity contribution in [2.45, 2.75) is 20.0 Å². The third kappa shape index (κ3) is 3.98. The molecule has 3 nitrogen and oxygen atoms in total. The fraction of sp³-hybridized carbons (Fsp3) is 0.235. The Labute approximate surface area is 133 Å². The van der Waals surface area contributed by atoms with E-state index in [-0.39, 0.29) is 24.7 Å². The van der Waals surface area contributed by atoms with Crippen LogP contribution in [0.4, 0.5) is 4.39 Å². The summed E-state index contributed by atoms with van der Waals surface area (Å²) in [6.45, 7) is 1.88. The molecular formula is C17H16ClFO3. The standard InChI is InChI=1S/C17H16ClFO3/c1-11-6-7-16(15(19)8-11)22-10-13-12(9-17(20)21-2)4-3-5-14(13)18/h3-8H,9-10H2,1-2H3. The van der Waals surface area contributed by atoms with Gasteiger partial charge >= 0.3 is 5.97 Å². The number of halogens is 2. The third-order valence-corrected chi connectivity index (χ3v) is 3.59. The first-order valence-electron chi connectivity index (χ1n) is 6.73. The van der Waals surface area contributed by atoms with Crippen LogP contribution < -0.4 is 4.74 Å². The highest BCUT2D eigenvalue weighted by atomic mass is 35.5. The summed E-state index contributed by atoms with van der Waals surface area (Å²) in [5.74, 6) is -0.652. The zero-order valence-electron chi connectivity index (χ0n) is 12.4. The fourth-order valence-electron chi connectivity index (χ4n) is 2.03. The molecular weight excluding hydrogens is 307 g/mol. The second-order valence-electron chi connectivity index (χ2n) is 4.85. The molecule has 0 aliphatic rings. The summed E-state index contributed by atoms with van der Waals surface area (Å²) < 4.78 is 24.0. The van der Waals surface area contributed by atoms with Crippen LogP contribution in [-0.2, 0) is 22.6 Å². The minimum absolute atomic E-state index is 0.0754. The van der Waals surface area contributed by atoms with Crippen LogP contribution in [0.15, 0.2) is 36.4 Å². The predicted octanol–water partition coefficient (Wildman–Crippen LogP) is 4.08. The van der Waals surface area contributed by atoms with Crippen molar-refractivity contribution in [3.63, 3.8) is 0 Å². The molecule has 22 heavy (non-hydrogen) atoms. The van der Waals surface area contributed by atoms with Crippen LogP contribution in [0.25, 0.3) is 0 Å². The van der Waals surface area contributed by atoms with Crippen molar-refractivity contribution < 1.29 is 18.7 Å². The SMILES string of the molecule is COC(=O)Cc1cccc(Cl)c1COc1ccc(C)cc1F. The molecule has 0 bridgehead atoms. The second kappa shape index (κ2) is 7.27. The Kier molecular flexibility index (Phi) is 5.39. The summed E-state index contributed by atoms with van der Waals surface area (Å²) in [6.07, 6.45) is 0.0894.